The zero-order valence-corrected chi connectivity index (χ0v) is 14.0. The minimum absolute atomic E-state index is 0.183. The molecule has 0 spiro atoms. The monoisotopic (exact) mass is 321 g/mol. The van der Waals surface area contributed by atoms with Gasteiger partial charge in [-0.15, -0.1) is 0 Å². The van der Waals surface area contributed by atoms with Crippen LogP contribution in [0.15, 0.2) is 30.5 Å². The number of aromatic nitrogens is 1. The maximum Gasteiger partial charge on any atom is 0.0991 e. The van der Waals surface area contributed by atoms with E-state index in [0.717, 1.165) is 47.8 Å². The van der Waals surface area contributed by atoms with Crippen molar-refractivity contribution >= 4 is 10.9 Å². The number of nitrogens with zero attached hydrogens (tertiary/aromatic N) is 3. The van der Waals surface area contributed by atoms with Crippen LogP contribution in [0.3, 0.4) is 0 Å². The van der Waals surface area contributed by atoms with Crippen molar-refractivity contribution in [3.8, 4) is 6.07 Å². The fourth-order valence-electron chi connectivity index (χ4n) is 4.67. The standard InChI is InChI=1S/C20H23N3O/c1-2-14-12-23-8-6-15(14)10-19(23)20(24)16-5-7-22-18-4-3-13(11-21)9-17(16)18/h3-5,7,9,14-15,19-20,24H,2,6,8,10,12H2,1H3/t14-,15-,19-,20+/m0/s1. The molecule has 4 nitrogen and oxygen atoms in total. The number of piperidine rings is 3. The summed E-state index contributed by atoms with van der Waals surface area (Å²) >= 11 is 0. The predicted octanol–water partition coefficient (Wildman–Crippen LogP) is 3.26. The van der Waals surface area contributed by atoms with E-state index >= 15 is 0 Å². The van der Waals surface area contributed by atoms with Crippen LogP contribution >= 0.6 is 0 Å². The molecular weight excluding hydrogens is 298 g/mol. The lowest BCUT2D eigenvalue weighted by Gasteiger charge is -2.51. The number of benzene rings is 1. The van der Waals surface area contributed by atoms with E-state index in [0.29, 0.717) is 5.56 Å². The molecule has 24 heavy (non-hydrogen) atoms. The number of fused-ring (bicyclic) bond motifs is 4. The van der Waals surface area contributed by atoms with Crippen LogP contribution in [0.5, 0.6) is 0 Å². The molecule has 0 aliphatic carbocycles. The van der Waals surface area contributed by atoms with Gasteiger partial charge in [-0.25, -0.2) is 0 Å². The van der Waals surface area contributed by atoms with Gasteiger partial charge in [0.05, 0.1) is 23.3 Å². The SMILES string of the molecule is CC[C@H]1CN2CC[C@H]1C[C@H]2[C@H](O)c1ccnc2ccc(C#N)cc12. The van der Waals surface area contributed by atoms with E-state index in [1.165, 1.54) is 12.8 Å². The molecule has 124 valence electrons. The molecule has 3 fully saturated rings. The second kappa shape index (κ2) is 6.16. The van der Waals surface area contributed by atoms with Gasteiger partial charge >= 0.3 is 0 Å². The summed E-state index contributed by atoms with van der Waals surface area (Å²) in [6.45, 7) is 4.47. The van der Waals surface area contributed by atoms with Gasteiger partial charge in [-0.05, 0) is 61.1 Å². The average molecular weight is 321 g/mol. The molecule has 2 aromatic rings. The molecule has 0 saturated carbocycles. The number of pyridine rings is 1. The summed E-state index contributed by atoms with van der Waals surface area (Å²) in [5.74, 6) is 1.52. The summed E-state index contributed by atoms with van der Waals surface area (Å²) in [7, 11) is 0. The molecule has 3 aliphatic heterocycles. The second-order valence-corrected chi connectivity index (χ2v) is 7.20. The fraction of sp³-hybridized carbons (Fsp3) is 0.500. The Balaban J connectivity index is 1.69. The molecule has 4 heterocycles. The molecule has 0 amide bonds. The van der Waals surface area contributed by atoms with E-state index in [1.807, 2.05) is 18.2 Å². The van der Waals surface area contributed by atoms with Crippen molar-refractivity contribution < 1.29 is 5.11 Å². The lowest BCUT2D eigenvalue weighted by Crippen LogP contribution is -2.55. The third-order valence-electron chi connectivity index (χ3n) is 6.05. The van der Waals surface area contributed by atoms with Crippen LogP contribution in [0.25, 0.3) is 10.9 Å². The van der Waals surface area contributed by atoms with Crippen LogP contribution in [0, 0.1) is 23.2 Å². The number of hydrogen-bond acceptors (Lipinski definition) is 4. The molecule has 0 radical (unpaired) electrons. The van der Waals surface area contributed by atoms with Crippen LogP contribution in [-0.4, -0.2) is 34.1 Å². The van der Waals surface area contributed by atoms with E-state index in [-0.39, 0.29) is 6.04 Å². The molecule has 1 N–H and O–H groups in total. The summed E-state index contributed by atoms with van der Waals surface area (Å²) in [5.41, 5.74) is 2.36. The normalized spacial score (nSPS) is 30.2. The van der Waals surface area contributed by atoms with Crippen LogP contribution in [0.2, 0.25) is 0 Å². The number of rotatable bonds is 3. The van der Waals surface area contributed by atoms with Gasteiger partial charge < -0.3 is 5.11 Å². The topological polar surface area (TPSA) is 60.1 Å². The van der Waals surface area contributed by atoms with E-state index in [9.17, 15) is 10.4 Å². The molecule has 1 unspecified atom stereocenters. The highest BCUT2D eigenvalue weighted by molar-refractivity contribution is 5.83. The molecular formula is C20H23N3O. The van der Waals surface area contributed by atoms with E-state index in [1.54, 1.807) is 12.3 Å². The Morgan fingerprint density at radius 2 is 2.29 bits per heavy atom. The van der Waals surface area contributed by atoms with Crippen molar-refractivity contribution in [2.24, 2.45) is 11.8 Å². The summed E-state index contributed by atoms with van der Waals surface area (Å²) in [5, 5.41) is 21.2. The van der Waals surface area contributed by atoms with E-state index in [4.69, 9.17) is 0 Å². The first-order valence-corrected chi connectivity index (χ1v) is 8.92. The quantitative estimate of drug-likeness (QED) is 0.942. The van der Waals surface area contributed by atoms with Gasteiger partial charge in [0, 0.05) is 24.2 Å². The fourth-order valence-corrected chi connectivity index (χ4v) is 4.67. The molecule has 3 aliphatic rings. The molecule has 1 aromatic heterocycles. The first-order valence-electron chi connectivity index (χ1n) is 8.92. The van der Waals surface area contributed by atoms with E-state index in [2.05, 4.69) is 22.9 Å². The highest BCUT2D eigenvalue weighted by atomic mass is 16.3. The zero-order valence-electron chi connectivity index (χ0n) is 14.0. The Bertz CT molecular complexity index is 797. The number of aliphatic hydroxyl groups excluding tert-OH is 1. The molecule has 1 aromatic carbocycles. The average Bonchev–Trinajstić information content (AvgIpc) is 2.66. The van der Waals surface area contributed by atoms with E-state index < -0.39 is 6.10 Å². The van der Waals surface area contributed by atoms with Crippen LogP contribution in [0.4, 0.5) is 0 Å². The summed E-state index contributed by atoms with van der Waals surface area (Å²) in [6, 6.07) is 9.78. The van der Waals surface area contributed by atoms with Crippen LogP contribution in [0.1, 0.15) is 43.4 Å². The van der Waals surface area contributed by atoms with Crippen LogP contribution < -0.4 is 0 Å². The third-order valence-corrected chi connectivity index (χ3v) is 6.05. The molecule has 5 atom stereocenters. The van der Waals surface area contributed by atoms with Gasteiger partial charge in [-0.1, -0.05) is 13.3 Å². The molecule has 4 heteroatoms. The zero-order chi connectivity index (χ0) is 16.7. The largest absolute Gasteiger partial charge is 0.387 e. The summed E-state index contributed by atoms with van der Waals surface area (Å²) in [4.78, 5) is 6.86. The first kappa shape index (κ1) is 15.6. The van der Waals surface area contributed by atoms with Gasteiger partial charge in [0.25, 0.3) is 0 Å². The van der Waals surface area contributed by atoms with Crippen molar-refractivity contribution in [3.05, 3.63) is 41.6 Å². The van der Waals surface area contributed by atoms with Gasteiger partial charge in [-0.3, -0.25) is 9.88 Å². The molecule has 5 rings (SSSR count). The minimum Gasteiger partial charge on any atom is -0.387 e. The number of hydrogen-bond donors (Lipinski definition) is 1. The minimum atomic E-state index is -0.523. The first-order chi connectivity index (χ1) is 11.7. The van der Waals surface area contributed by atoms with Crippen molar-refractivity contribution in [2.75, 3.05) is 13.1 Å². The Morgan fingerprint density at radius 1 is 1.42 bits per heavy atom. The maximum absolute atomic E-state index is 11.1. The van der Waals surface area contributed by atoms with Gasteiger partial charge in [0.2, 0.25) is 0 Å². The Morgan fingerprint density at radius 3 is 3.00 bits per heavy atom. The summed E-state index contributed by atoms with van der Waals surface area (Å²) in [6.07, 6.45) is 4.80. The van der Waals surface area contributed by atoms with Crippen molar-refractivity contribution in [2.45, 2.75) is 38.3 Å². The highest BCUT2D eigenvalue weighted by Gasteiger charge is 2.42. The molecule has 2 bridgehead atoms. The smallest absolute Gasteiger partial charge is 0.0991 e. The Kier molecular flexibility index (Phi) is 3.99. The lowest BCUT2D eigenvalue weighted by molar-refractivity contribution is -0.0562. The van der Waals surface area contributed by atoms with Crippen molar-refractivity contribution in [1.29, 1.82) is 5.26 Å². The van der Waals surface area contributed by atoms with Crippen molar-refractivity contribution in [3.63, 3.8) is 0 Å². The Labute approximate surface area is 142 Å². The molecule has 3 saturated heterocycles. The van der Waals surface area contributed by atoms with Crippen LogP contribution in [-0.2, 0) is 0 Å². The Hall–Kier alpha value is -1.96. The third kappa shape index (κ3) is 2.49. The lowest BCUT2D eigenvalue weighted by atomic mass is 9.72. The summed E-state index contributed by atoms with van der Waals surface area (Å²) < 4.78 is 0. The predicted molar refractivity (Wildman–Crippen MR) is 93.3 cm³/mol. The van der Waals surface area contributed by atoms with Gasteiger partial charge in [0.15, 0.2) is 0 Å². The van der Waals surface area contributed by atoms with Gasteiger partial charge in [-0.2, -0.15) is 5.26 Å². The number of aliphatic hydroxyl groups is 1. The highest BCUT2D eigenvalue weighted by Crippen LogP contribution is 2.42. The maximum atomic E-state index is 11.1. The second-order valence-electron chi connectivity index (χ2n) is 7.20. The van der Waals surface area contributed by atoms with Crippen molar-refractivity contribution in [1.82, 2.24) is 9.88 Å². The number of nitriles is 1. The van der Waals surface area contributed by atoms with Gasteiger partial charge in [0.1, 0.15) is 0 Å².